The minimum Gasteiger partial charge on any atom is -0.493 e. The number of halogens is 5. The van der Waals surface area contributed by atoms with E-state index in [0.29, 0.717) is 51.4 Å². The number of benzene rings is 1. The van der Waals surface area contributed by atoms with E-state index < -0.39 is 35.8 Å². The largest absolute Gasteiger partial charge is 0.493 e. The molecule has 2 aliphatic rings. The molecule has 0 radical (unpaired) electrons. The molecule has 2 heterocycles. The second kappa shape index (κ2) is 9.94. The molecular formula is C21H27F5N2O2. The predicted octanol–water partition coefficient (Wildman–Crippen LogP) is 4.63. The molecule has 9 heteroatoms. The fourth-order valence-electron chi connectivity index (χ4n) is 4.16. The molecule has 1 amide bonds. The van der Waals surface area contributed by atoms with Gasteiger partial charge in [0.25, 0.3) is 5.91 Å². The Morgan fingerprint density at radius 2 is 1.63 bits per heavy atom. The Morgan fingerprint density at radius 1 is 1.03 bits per heavy atom. The van der Waals surface area contributed by atoms with E-state index in [0.717, 1.165) is 31.4 Å². The first-order chi connectivity index (χ1) is 14.2. The normalized spacial score (nSPS) is 18.8. The van der Waals surface area contributed by atoms with Crippen LogP contribution in [0.3, 0.4) is 0 Å². The second-order valence-corrected chi connectivity index (χ2v) is 8.09. The van der Waals surface area contributed by atoms with Gasteiger partial charge in [-0.3, -0.25) is 9.69 Å². The highest BCUT2D eigenvalue weighted by Gasteiger charge is 2.32. The quantitative estimate of drug-likeness (QED) is 0.463. The van der Waals surface area contributed by atoms with Gasteiger partial charge in [-0.05, 0) is 57.5 Å². The zero-order chi connectivity index (χ0) is 21.7. The number of piperidine rings is 1. The number of nitrogens with zero attached hydrogens (tertiary/aromatic N) is 2. The summed E-state index contributed by atoms with van der Waals surface area (Å²) < 4.78 is 71.3. The minimum absolute atomic E-state index is 0.0305. The topological polar surface area (TPSA) is 32.8 Å². The van der Waals surface area contributed by atoms with E-state index >= 15 is 0 Å². The molecule has 1 aromatic carbocycles. The zero-order valence-corrected chi connectivity index (χ0v) is 16.8. The Balaban J connectivity index is 1.42. The van der Waals surface area contributed by atoms with Gasteiger partial charge < -0.3 is 9.64 Å². The molecule has 0 N–H and O–H groups in total. The van der Waals surface area contributed by atoms with Crippen molar-refractivity contribution in [2.45, 2.75) is 44.7 Å². The van der Waals surface area contributed by atoms with Crippen molar-refractivity contribution >= 4 is 5.91 Å². The van der Waals surface area contributed by atoms with Crippen LogP contribution in [0.5, 0.6) is 5.75 Å². The Hall–Kier alpha value is -1.90. The van der Waals surface area contributed by atoms with Gasteiger partial charge in [-0.1, -0.05) is 0 Å². The molecule has 0 aliphatic carbocycles. The van der Waals surface area contributed by atoms with Crippen LogP contribution in [0.2, 0.25) is 0 Å². The third-order valence-electron chi connectivity index (χ3n) is 5.76. The number of carbonyl (C=O) groups is 1. The molecule has 2 aliphatic heterocycles. The molecule has 0 unspecified atom stereocenters. The molecule has 30 heavy (non-hydrogen) atoms. The van der Waals surface area contributed by atoms with E-state index in [1.165, 1.54) is 9.80 Å². The van der Waals surface area contributed by atoms with Gasteiger partial charge in [0.15, 0.2) is 0 Å². The second-order valence-electron chi connectivity index (χ2n) is 8.09. The minimum atomic E-state index is -4.17. The van der Waals surface area contributed by atoms with Crippen LogP contribution in [0.25, 0.3) is 0 Å². The molecule has 168 valence electrons. The third kappa shape index (κ3) is 6.30. The number of rotatable bonds is 7. The van der Waals surface area contributed by atoms with Crippen LogP contribution in [0.15, 0.2) is 12.1 Å². The summed E-state index contributed by atoms with van der Waals surface area (Å²) in [6, 6.07) is 2.06. The molecule has 0 saturated carbocycles. The molecule has 0 aromatic heterocycles. The fourth-order valence-corrected chi connectivity index (χ4v) is 4.16. The van der Waals surface area contributed by atoms with Crippen LogP contribution in [0.1, 0.15) is 48.9 Å². The summed E-state index contributed by atoms with van der Waals surface area (Å²) in [6.07, 6.45) is 0.326. The Bertz CT molecular complexity index is 704. The summed E-state index contributed by atoms with van der Waals surface area (Å²) in [5.41, 5.74) is -0.546. The van der Waals surface area contributed by atoms with Crippen molar-refractivity contribution in [1.29, 1.82) is 0 Å². The summed E-state index contributed by atoms with van der Waals surface area (Å²) >= 11 is 0. The highest BCUT2D eigenvalue weighted by atomic mass is 19.4. The number of alkyl halides is 3. The highest BCUT2D eigenvalue weighted by molar-refractivity contribution is 5.95. The molecule has 3 rings (SSSR count). The van der Waals surface area contributed by atoms with Crippen LogP contribution in [0, 0.1) is 17.6 Å². The third-order valence-corrected chi connectivity index (χ3v) is 5.76. The number of hydrogen-bond acceptors (Lipinski definition) is 3. The summed E-state index contributed by atoms with van der Waals surface area (Å²) in [7, 11) is 0. The molecule has 4 nitrogen and oxygen atoms in total. The lowest BCUT2D eigenvalue weighted by atomic mass is 9.92. The highest BCUT2D eigenvalue weighted by Crippen LogP contribution is 2.26. The monoisotopic (exact) mass is 434 g/mol. The molecule has 2 saturated heterocycles. The van der Waals surface area contributed by atoms with Crippen LogP contribution < -0.4 is 4.74 Å². The van der Waals surface area contributed by atoms with Crippen LogP contribution in [-0.4, -0.2) is 61.2 Å². The van der Waals surface area contributed by atoms with Gasteiger partial charge in [-0.15, -0.1) is 0 Å². The number of ether oxygens (including phenoxy) is 1. The van der Waals surface area contributed by atoms with Crippen LogP contribution >= 0.6 is 0 Å². The van der Waals surface area contributed by atoms with Crippen molar-refractivity contribution in [3.8, 4) is 5.75 Å². The van der Waals surface area contributed by atoms with E-state index in [9.17, 15) is 26.7 Å². The van der Waals surface area contributed by atoms with E-state index in [1.54, 1.807) is 0 Å². The van der Waals surface area contributed by atoms with E-state index in [2.05, 4.69) is 0 Å². The first kappa shape index (κ1) is 22.8. The number of hydrogen-bond donors (Lipinski definition) is 0. The van der Waals surface area contributed by atoms with Crippen molar-refractivity contribution in [3.05, 3.63) is 29.3 Å². The number of likely N-dealkylation sites (tertiary alicyclic amines) is 2. The van der Waals surface area contributed by atoms with Crippen molar-refractivity contribution < 1.29 is 31.5 Å². The Labute approximate surface area is 173 Å². The maximum absolute atomic E-state index is 14.3. The molecule has 2 fully saturated rings. The maximum atomic E-state index is 14.3. The van der Waals surface area contributed by atoms with Crippen molar-refractivity contribution in [3.63, 3.8) is 0 Å². The average molecular weight is 434 g/mol. The molecule has 0 bridgehead atoms. The van der Waals surface area contributed by atoms with E-state index in [4.69, 9.17) is 4.74 Å². The lowest BCUT2D eigenvalue weighted by molar-refractivity contribution is -0.148. The summed E-state index contributed by atoms with van der Waals surface area (Å²) in [4.78, 5) is 15.1. The number of amides is 1. The van der Waals surface area contributed by atoms with Gasteiger partial charge in [0.1, 0.15) is 22.9 Å². The SMILES string of the molecule is O=C(c1c(F)cc(OCCCC2CCN(CC(F)(F)F)CC2)cc1F)N1CCCC1. The Morgan fingerprint density at radius 3 is 2.20 bits per heavy atom. The van der Waals surface area contributed by atoms with Gasteiger partial charge in [-0.25, -0.2) is 8.78 Å². The van der Waals surface area contributed by atoms with Gasteiger partial charge in [-0.2, -0.15) is 13.2 Å². The smallest absolute Gasteiger partial charge is 0.401 e. The molecule has 1 aromatic rings. The molecular weight excluding hydrogens is 407 g/mol. The number of carbonyl (C=O) groups excluding carboxylic acids is 1. The lowest BCUT2D eigenvalue weighted by Gasteiger charge is -2.32. The maximum Gasteiger partial charge on any atom is 0.401 e. The predicted molar refractivity (Wildman–Crippen MR) is 101 cm³/mol. The first-order valence-electron chi connectivity index (χ1n) is 10.4. The summed E-state index contributed by atoms with van der Waals surface area (Å²) in [6.45, 7) is 1.25. The van der Waals surface area contributed by atoms with Crippen LogP contribution in [0.4, 0.5) is 22.0 Å². The lowest BCUT2D eigenvalue weighted by Crippen LogP contribution is -2.40. The van der Waals surface area contributed by atoms with Crippen molar-refractivity contribution in [2.24, 2.45) is 5.92 Å². The summed E-state index contributed by atoms with van der Waals surface area (Å²) in [5.74, 6) is -2.14. The van der Waals surface area contributed by atoms with Crippen molar-refractivity contribution in [2.75, 3.05) is 39.3 Å². The van der Waals surface area contributed by atoms with Gasteiger partial charge in [0, 0.05) is 25.2 Å². The van der Waals surface area contributed by atoms with E-state index in [1.807, 2.05) is 0 Å². The average Bonchev–Trinajstić information content (AvgIpc) is 3.19. The first-order valence-corrected chi connectivity index (χ1v) is 10.4. The van der Waals surface area contributed by atoms with E-state index in [-0.39, 0.29) is 12.4 Å². The fraction of sp³-hybridized carbons (Fsp3) is 0.667. The van der Waals surface area contributed by atoms with Gasteiger partial charge in [0.05, 0.1) is 13.2 Å². The molecule has 0 atom stereocenters. The Kier molecular flexibility index (Phi) is 7.55. The van der Waals surface area contributed by atoms with Gasteiger partial charge >= 0.3 is 6.18 Å². The zero-order valence-electron chi connectivity index (χ0n) is 16.8. The van der Waals surface area contributed by atoms with Crippen molar-refractivity contribution in [1.82, 2.24) is 9.80 Å². The summed E-state index contributed by atoms with van der Waals surface area (Å²) in [5, 5.41) is 0. The van der Waals surface area contributed by atoms with Gasteiger partial charge in [0.2, 0.25) is 0 Å². The standard InChI is InChI=1S/C21H27F5N2O2/c22-17-12-16(13-18(23)19(17)20(29)28-7-1-2-8-28)30-11-3-4-15-5-9-27(10-6-15)14-21(24,25)26/h12-13,15H,1-11,14H2. The van der Waals surface area contributed by atoms with Crippen LogP contribution in [-0.2, 0) is 0 Å². The molecule has 0 spiro atoms.